The van der Waals surface area contributed by atoms with E-state index in [1.54, 1.807) is 0 Å². The summed E-state index contributed by atoms with van der Waals surface area (Å²) in [4.78, 5) is 13.4. The summed E-state index contributed by atoms with van der Waals surface area (Å²) in [6.45, 7) is 3.36. The lowest BCUT2D eigenvalue weighted by Gasteiger charge is -2.40. The van der Waals surface area contributed by atoms with Crippen molar-refractivity contribution in [1.29, 1.82) is 0 Å². The minimum absolute atomic E-state index is 0.179. The van der Waals surface area contributed by atoms with E-state index in [2.05, 4.69) is 4.90 Å². The molecular formula is C12H21NO3. The summed E-state index contributed by atoms with van der Waals surface area (Å²) in [6.07, 6.45) is 3.11. The topological polar surface area (TPSA) is 49.8 Å². The molecule has 0 aromatic carbocycles. The van der Waals surface area contributed by atoms with Crippen LogP contribution in [0.1, 0.15) is 19.3 Å². The van der Waals surface area contributed by atoms with Gasteiger partial charge < -0.3 is 14.7 Å². The Morgan fingerprint density at radius 1 is 1.31 bits per heavy atom. The van der Waals surface area contributed by atoms with Crippen molar-refractivity contribution in [2.45, 2.75) is 19.3 Å². The SMILES string of the molecule is CN1CCC(C2CCOCC2)C(C(=O)O)C1. The molecule has 92 valence electrons. The molecule has 2 aliphatic rings. The van der Waals surface area contributed by atoms with Crippen LogP contribution in [-0.4, -0.2) is 49.3 Å². The summed E-state index contributed by atoms with van der Waals surface area (Å²) in [7, 11) is 2.01. The lowest BCUT2D eigenvalue weighted by atomic mass is 9.74. The fourth-order valence-electron chi connectivity index (χ4n) is 3.10. The van der Waals surface area contributed by atoms with Crippen molar-refractivity contribution in [3.63, 3.8) is 0 Å². The van der Waals surface area contributed by atoms with E-state index in [9.17, 15) is 9.90 Å². The fraction of sp³-hybridized carbons (Fsp3) is 0.917. The first kappa shape index (κ1) is 11.9. The van der Waals surface area contributed by atoms with Crippen molar-refractivity contribution in [3.8, 4) is 0 Å². The molecule has 0 spiro atoms. The van der Waals surface area contributed by atoms with Gasteiger partial charge in [0.05, 0.1) is 5.92 Å². The highest BCUT2D eigenvalue weighted by atomic mass is 16.5. The van der Waals surface area contributed by atoms with Crippen LogP contribution in [0.5, 0.6) is 0 Å². The molecule has 2 saturated heterocycles. The highest BCUT2D eigenvalue weighted by Gasteiger charge is 2.38. The Kier molecular flexibility index (Phi) is 3.82. The van der Waals surface area contributed by atoms with E-state index in [1.165, 1.54) is 0 Å². The highest BCUT2D eigenvalue weighted by molar-refractivity contribution is 5.70. The van der Waals surface area contributed by atoms with Crippen LogP contribution in [0.15, 0.2) is 0 Å². The molecular weight excluding hydrogens is 206 g/mol. The Morgan fingerprint density at radius 3 is 2.62 bits per heavy atom. The van der Waals surface area contributed by atoms with Crippen LogP contribution in [0.4, 0.5) is 0 Å². The van der Waals surface area contributed by atoms with Crippen molar-refractivity contribution in [1.82, 2.24) is 4.90 Å². The number of hydrogen-bond donors (Lipinski definition) is 1. The van der Waals surface area contributed by atoms with Gasteiger partial charge in [-0.25, -0.2) is 0 Å². The normalized spacial score (nSPS) is 33.8. The number of aliphatic carboxylic acids is 1. The molecule has 2 atom stereocenters. The van der Waals surface area contributed by atoms with Gasteiger partial charge in [-0.1, -0.05) is 0 Å². The Hall–Kier alpha value is -0.610. The third kappa shape index (κ3) is 2.55. The zero-order valence-corrected chi connectivity index (χ0v) is 9.89. The summed E-state index contributed by atoms with van der Waals surface area (Å²) >= 11 is 0. The molecule has 4 nitrogen and oxygen atoms in total. The number of carboxylic acid groups (broad SMARTS) is 1. The van der Waals surface area contributed by atoms with Crippen molar-refractivity contribution in [2.24, 2.45) is 17.8 Å². The number of carbonyl (C=O) groups is 1. The molecule has 0 amide bonds. The molecule has 2 rings (SSSR count). The average Bonchev–Trinajstić information content (AvgIpc) is 2.30. The average molecular weight is 227 g/mol. The lowest BCUT2D eigenvalue weighted by Crippen LogP contribution is -2.45. The van der Waals surface area contributed by atoms with E-state index in [-0.39, 0.29) is 5.92 Å². The second-order valence-corrected chi connectivity index (χ2v) is 5.11. The largest absolute Gasteiger partial charge is 0.481 e. The van der Waals surface area contributed by atoms with Gasteiger partial charge in [-0.2, -0.15) is 0 Å². The van der Waals surface area contributed by atoms with Gasteiger partial charge in [0.1, 0.15) is 0 Å². The van der Waals surface area contributed by atoms with E-state index in [0.29, 0.717) is 18.4 Å². The predicted octanol–water partition coefficient (Wildman–Crippen LogP) is 1.07. The predicted molar refractivity (Wildman–Crippen MR) is 60.3 cm³/mol. The van der Waals surface area contributed by atoms with Crippen LogP contribution in [0.25, 0.3) is 0 Å². The third-order valence-electron chi connectivity index (χ3n) is 4.06. The first-order chi connectivity index (χ1) is 7.68. The van der Waals surface area contributed by atoms with E-state index in [4.69, 9.17) is 4.74 Å². The fourth-order valence-corrected chi connectivity index (χ4v) is 3.10. The molecule has 0 bridgehead atoms. The standard InChI is InChI=1S/C12H21NO3/c1-13-5-2-10(11(8-13)12(14)15)9-3-6-16-7-4-9/h9-11H,2-8H2,1H3,(H,14,15). The first-order valence-corrected chi connectivity index (χ1v) is 6.17. The van der Waals surface area contributed by atoms with Crippen molar-refractivity contribution < 1.29 is 14.6 Å². The third-order valence-corrected chi connectivity index (χ3v) is 4.06. The zero-order valence-electron chi connectivity index (χ0n) is 9.89. The monoisotopic (exact) mass is 227 g/mol. The van der Waals surface area contributed by atoms with Crippen LogP contribution in [0.3, 0.4) is 0 Å². The van der Waals surface area contributed by atoms with Crippen LogP contribution in [0, 0.1) is 17.8 Å². The zero-order chi connectivity index (χ0) is 11.5. The molecule has 0 radical (unpaired) electrons. The van der Waals surface area contributed by atoms with Crippen LogP contribution in [-0.2, 0) is 9.53 Å². The molecule has 1 N–H and O–H groups in total. The maximum absolute atomic E-state index is 11.3. The van der Waals surface area contributed by atoms with E-state index >= 15 is 0 Å². The maximum atomic E-state index is 11.3. The summed E-state index contributed by atoms with van der Waals surface area (Å²) in [5.74, 6) is 0.117. The number of nitrogens with zero attached hydrogens (tertiary/aromatic N) is 1. The van der Waals surface area contributed by atoms with E-state index in [0.717, 1.165) is 39.0 Å². The van der Waals surface area contributed by atoms with Crippen molar-refractivity contribution in [3.05, 3.63) is 0 Å². The molecule has 2 fully saturated rings. The van der Waals surface area contributed by atoms with Crippen LogP contribution < -0.4 is 0 Å². The quantitative estimate of drug-likeness (QED) is 0.766. The number of hydrogen-bond acceptors (Lipinski definition) is 3. The van der Waals surface area contributed by atoms with Crippen LogP contribution >= 0.6 is 0 Å². The van der Waals surface area contributed by atoms with Gasteiger partial charge in [-0.05, 0) is 44.7 Å². The molecule has 4 heteroatoms. The Balaban J connectivity index is 2.02. The Bertz CT molecular complexity index is 251. The van der Waals surface area contributed by atoms with Gasteiger partial charge in [0.25, 0.3) is 0 Å². The summed E-state index contributed by atoms with van der Waals surface area (Å²) in [5, 5.41) is 9.30. The molecule has 0 aliphatic carbocycles. The second-order valence-electron chi connectivity index (χ2n) is 5.11. The number of ether oxygens (including phenoxy) is 1. The molecule has 2 unspecified atom stereocenters. The van der Waals surface area contributed by atoms with Gasteiger partial charge in [-0.3, -0.25) is 4.79 Å². The van der Waals surface area contributed by atoms with Gasteiger partial charge in [-0.15, -0.1) is 0 Å². The summed E-state index contributed by atoms with van der Waals surface area (Å²) < 4.78 is 5.35. The van der Waals surface area contributed by atoms with Gasteiger partial charge in [0.15, 0.2) is 0 Å². The van der Waals surface area contributed by atoms with Crippen molar-refractivity contribution >= 4 is 5.97 Å². The summed E-state index contributed by atoms with van der Waals surface area (Å²) in [6, 6.07) is 0. The molecule has 16 heavy (non-hydrogen) atoms. The summed E-state index contributed by atoms with van der Waals surface area (Å²) in [5.41, 5.74) is 0. The van der Waals surface area contributed by atoms with Gasteiger partial charge >= 0.3 is 5.97 Å². The van der Waals surface area contributed by atoms with Crippen LogP contribution in [0.2, 0.25) is 0 Å². The number of rotatable bonds is 2. The molecule has 0 aromatic heterocycles. The first-order valence-electron chi connectivity index (χ1n) is 6.17. The van der Waals surface area contributed by atoms with Gasteiger partial charge in [0.2, 0.25) is 0 Å². The second kappa shape index (κ2) is 5.15. The van der Waals surface area contributed by atoms with E-state index in [1.807, 2.05) is 7.05 Å². The number of likely N-dealkylation sites (tertiary alicyclic amines) is 1. The van der Waals surface area contributed by atoms with Gasteiger partial charge in [0, 0.05) is 19.8 Å². The maximum Gasteiger partial charge on any atom is 0.308 e. The minimum Gasteiger partial charge on any atom is -0.481 e. The molecule has 0 saturated carbocycles. The molecule has 2 heterocycles. The lowest BCUT2D eigenvalue weighted by molar-refractivity contribution is -0.147. The molecule has 2 aliphatic heterocycles. The smallest absolute Gasteiger partial charge is 0.308 e. The Labute approximate surface area is 96.6 Å². The number of piperidine rings is 1. The van der Waals surface area contributed by atoms with Crippen molar-refractivity contribution in [2.75, 3.05) is 33.4 Å². The van der Waals surface area contributed by atoms with E-state index < -0.39 is 5.97 Å². The Morgan fingerprint density at radius 2 is 2.00 bits per heavy atom. The minimum atomic E-state index is -0.622. The highest BCUT2D eigenvalue weighted by Crippen LogP contribution is 2.35. The number of carboxylic acids is 1. The molecule has 0 aromatic rings.